The zero-order valence-corrected chi connectivity index (χ0v) is 10.5. The first-order valence-electron chi connectivity index (χ1n) is 6.02. The number of hydrogen-bond acceptors (Lipinski definition) is 6. The van der Waals surface area contributed by atoms with Crippen LogP contribution in [0.15, 0.2) is 39.5 Å². The second kappa shape index (κ2) is 5.14. The minimum absolute atomic E-state index is 0.0619. The molecule has 102 valence electrons. The first kappa shape index (κ1) is 12.4. The monoisotopic (exact) mass is 272 g/mol. The molecular formula is C13H12N4O3. The van der Waals surface area contributed by atoms with Crippen LogP contribution in [0.25, 0.3) is 22.4 Å². The number of fused-ring (bicyclic) bond motifs is 1. The number of primary amides is 1. The second-order valence-corrected chi connectivity index (χ2v) is 4.23. The van der Waals surface area contributed by atoms with Crippen molar-refractivity contribution in [2.24, 2.45) is 5.73 Å². The fourth-order valence-corrected chi connectivity index (χ4v) is 1.88. The highest BCUT2D eigenvalue weighted by molar-refractivity contribution is 5.91. The molecule has 20 heavy (non-hydrogen) atoms. The van der Waals surface area contributed by atoms with Gasteiger partial charge in [0.25, 0.3) is 0 Å². The molecule has 0 atom stereocenters. The molecule has 7 nitrogen and oxygen atoms in total. The number of hydrogen-bond donors (Lipinski definition) is 2. The number of carbonyl (C=O) groups is 1. The smallest absolute Gasteiger partial charge is 0.240 e. The van der Waals surface area contributed by atoms with Gasteiger partial charge in [-0.25, -0.2) is 0 Å². The van der Waals surface area contributed by atoms with Gasteiger partial charge in [-0.2, -0.15) is 4.98 Å². The van der Waals surface area contributed by atoms with E-state index in [1.807, 2.05) is 24.3 Å². The molecule has 1 amide bonds. The molecule has 7 heteroatoms. The van der Waals surface area contributed by atoms with Crippen LogP contribution in [0.5, 0.6) is 0 Å². The van der Waals surface area contributed by atoms with Crippen LogP contribution >= 0.6 is 0 Å². The Morgan fingerprint density at radius 3 is 3.05 bits per heavy atom. The number of furan rings is 1. The average Bonchev–Trinajstić information content (AvgIpc) is 3.04. The molecule has 1 aromatic carbocycles. The van der Waals surface area contributed by atoms with Crippen molar-refractivity contribution in [3.63, 3.8) is 0 Å². The number of para-hydroxylation sites is 1. The molecule has 0 aliphatic carbocycles. The highest BCUT2D eigenvalue weighted by Crippen LogP contribution is 2.28. The Bertz CT molecular complexity index is 747. The maximum absolute atomic E-state index is 10.6. The van der Waals surface area contributed by atoms with Crippen LogP contribution in [0, 0.1) is 0 Å². The molecule has 3 N–H and O–H groups in total. The molecule has 0 radical (unpaired) electrons. The molecule has 0 saturated heterocycles. The number of carbonyl (C=O) groups excluding carboxylic acids is 1. The van der Waals surface area contributed by atoms with Crippen LogP contribution in [-0.2, 0) is 11.3 Å². The molecule has 2 heterocycles. The molecular weight excluding hydrogens is 260 g/mol. The van der Waals surface area contributed by atoms with Crippen LogP contribution in [-0.4, -0.2) is 22.6 Å². The fourth-order valence-electron chi connectivity index (χ4n) is 1.88. The summed E-state index contributed by atoms with van der Waals surface area (Å²) < 4.78 is 10.5. The van der Waals surface area contributed by atoms with Crippen molar-refractivity contribution in [1.82, 2.24) is 15.5 Å². The maximum Gasteiger partial charge on any atom is 0.240 e. The summed E-state index contributed by atoms with van der Waals surface area (Å²) in [4.78, 5) is 14.9. The number of nitrogens with two attached hydrogens (primary N) is 1. The summed E-state index contributed by atoms with van der Waals surface area (Å²) in [6.45, 7) is 0.345. The standard InChI is InChI=1S/C13H12N4O3/c14-11(18)5-15-6-12-16-13(17-20-12)9-7-19-10-4-2-1-3-8(9)10/h1-4,7,15H,5-6H2,(H2,14,18). The minimum atomic E-state index is -0.439. The molecule has 0 saturated carbocycles. The Labute approximate surface area is 113 Å². The van der Waals surface area contributed by atoms with Gasteiger partial charge in [0, 0.05) is 5.39 Å². The van der Waals surface area contributed by atoms with Gasteiger partial charge in [-0.15, -0.1) is 0 Å². The van der Waals surface area contributed by atoms with Gasteiger partial charge in [-0.3, -0.25) is 10.1 Å². The van der Waals surface area contributed by atoms with Gasteiger partial charge in [0.05, 0.1) is 18.7 Å². The van der Waals surface area contributed by atoms with Crippen molar-refractivity contribution in [3.05, 3.63) is 36.4 Å². The van der Waals surface area contributed by atoms with Crippen molar-refractivity contribution in [2.45, 2.75) is 6.54 Å². The Morgan fingerprint density at radius 2 is 2.20 bits per heavy atom. The van der Waals surface area contributed by atoms with Gasteiger partial charge >= 0.3 is 0 Å². The lowest BCUT2D eigenvalue weighted by molar-refractivity contribution is -0.117. The van der Waals surface area contributed by atoms with Crippen LogP contribution in [0.4, 0.5) is 0 Å². The molecule has 0 aliphatic rings. The highest BCUT2D eigenvalue weighted by atomic mass is 16.5. The molecule has 0 aliphatic heterocycles. The Kier molecular flexibility index (Phi) is 3.18. The molecule has 0 unspecified atom stereocenters. The average molecular weight is 272 g/mol. The lowest BCUT2D eigenvalue weighted by atomic mass is 10.2. The summed E-state index contributed by atoms with van der Waals surface area (Å²) in [5.74, 6) is 0.392. The van der Waals surface area contributed by atoms with Gasteiger partial charge < -0.3 is 14.7 Å². The molecule has 0 spiro atoms. The first-order chi connectivity index (χ1) is 9.74. The lowest BCUT2D eigenvalue weighted by Gasteiger charge is -1.95. The van der Waals surface area contributed by atoms with E-state index in [-0.39, 0.29) is 13.1 Å². The van der Waals surface area contributed by atoms with Gasteiger partial charge in [0.1, 0.15) is 11.8 Å². The Morgan fingerprint density at radius 1 is 1.35 bits per heavy atom. The van der Waals surface area contributed by atoms with E-state index >= 15 is 0 Å². The van der Waals surface area contributed by atoms with Crippen molar-refractivity contribution in [2.75, 3.05) is 6.54 Å². The van der Waals surface area contributed by atoms with E-state index in [4.69, 9.17) is 14.7 Å². The van der Waals surface area contributed by atoms with Crippen LogP contribution in [0.1, 0.15) is 5.89 Å². The van der Waals surface area contributed by atoms with Gasteiger partial charge in [-0.1, -0.05) is 23.4 Å². The van der Waals surface area contributed by atoms with Crippen LogP contribution in [0.2, 0.25) is 0 Å². The molecule has 2 aromatic heterocycles. The molecule has 0 fully saturated rings. The number of aromatic nitrogens is 2. The number of benzene rings is 1. The lowest BCUT2D eigenvalue weighted by Crippen LogP contribution is -2.28. The summed E-state index contributed by atoms with van der Waals surface area (Å²) in [5.41, 5.74) is 6.55. The first-order valence-corrected chi connectivity index (χ1v) is 6.02. The second-order valence-electron chi connectivity index (χ2n) is 4.23. The predicted octanol–water partition coefficient (Wildman–Crippen LogP) is 1.06. The van der Waals surface area contributed by atoms with Crippen molar-refractivity contribution >= 4 is 16.9 Å². The Hall–Kier alpha value is -2.67. The van der Waals surface area contributed by atoms with Gasteiger partial charge in [0.2, 0.25) is 17.6 Å². The highest BCUT2D eigenvalue weighted by Gasteiger charge is 2.14. The third kappa shape index (κ3) is 2.39. The maximum atomic E-state index is 10.6. The van der Waals surface area contributed by atoms with E-state index in [2.05, 4.69) is 15.5 Å². The topological polar surface area (TPSA) is 107 Å². The predicted molar refractivity (Wildman–Crippen MR) is 70.4 cm³/mol. The van der Waals surface area contributed by atoms with Crippen LogP contribution in [0.3, 0.4) is 0 Å². The zero-order chi connectivity index (χ0) is 13.9. The van der Waals surface area contributed by atoms with E-state index in [1.165, 1.54) is 0 Å². The SMILES string of the molecule is NC(=O)CNCc1nc(-c2coc3ccccc23)no1. The fraction of sp³-hybridized carbons (Fsp3) is 0.154. The normalized spacial score (nSPS) is 11.0. The van der Waals surface area contributed by atoms with E-state index < -0.39 is 5.91 Å². The quantitative estimate of drug-likeness (QED) is 0.719. The number of amides is 1. The Balaban J connectivity index is 1.81. The van der Waals surface area contributed by atoms with Crippen LogP contribution < -0.4 is 11.1 Å². The third-order valence-electron chi connectivity index (χ3n) is 2.77. The van der Waals surface area contributed by atoms with Crippen molar-refractivity contribution in [1.29, 1.82) is 0 Å². The van der Waals surface area contributed by atoms with Gasteiger partial charge in [0.15, 0.2) is 0 Å². The van der Waals surface area contributed by atoms with E-state index in [9.17, 15) is 4.79 Å². The molecule has 3 aromatic rings. The van der Waals surface area contributed by atoms with E-state index in [1.54, 1.807) is 6.26 Å². The van der Waals surface area contributed by atoms with Gasteiger partial charge in [-0.05, 0) is 6.07 Å². The molecule has 3 rings (SSSR count). The van der Waals surface area contributed by atoms with Crippen molar-refractivity contribution in [3.8, 4) is 11.4 Å². The largest absolute Gasteiger partial charge is 0.464 e. The summed E-state index contributed by atoms with van der Waals surface area (Å²) >= 11 is 0. The number of nitrogens with zero attached hydrogens (tertiary/aromatic N) is 2. The van der Waals surface area contributed by atoms with E-state index in [0.717, 1.165) is 16.5 Å². The van der Waals surface area contributed by atoms with E-state index in [0.29, 0.717) is 11.7 Å². The molecule has 0 bridgehead atoms. The minimum Gasteiger partial charge on any atom is -0.464 e. The summed E-state index contributed by atoms with van der Waals surface area (Å²) in [5, 5.41) is 7.63. The summed E-state index contributed by atoms with van der Waals surface area (Å²) in [7, 11) is 0. The number of nitrogens with one attached hydrogen (secondary N) is 1. The summed E-state index contributed by atoms with van der Waals surface area (Å²) in [6, 6.07) is 7.60. The third-order valence-corrected chi connectivity index (χ3v) is 2.77. The zero-order valence-electron chi connectivity index (χ0n) is 10.5. The van der Waals surface area contributed by atoms with Crippen molar-refractivity contribution < 1.29 is 13.7 Å². The number of rotatable bonds is 5. The summed E-state index contributed by atoms with van der Waals surface area (Å²) in [6.07, 6.45) is 1.59.